The van der Waals surface area contributed by atoms with Gasteiger partial charge >= 0.3 is 5.69 Å². The summed E-state index contributed by atoms with van der Waals surface area (Å²) >= 11 is 3.31. The number of hydrogen-bond donors (Lipinski definition) is 2. The zero-order valence-electron chi connectivity index (χ0n) is 16.9. The van der Waals surface area contributed by atoms with E-state index in [1.807, 2.05) is 35.2 Å². The zero-order valence-corrected chi connectivity index (χ0v) is 18.5. The highest BCUT2D eigenvalue weighted by molar-refractivity contribution is 9.10. The Bertz CT molecular complexity index is 1100. The minimum atomic E-state index is -0.535. The summed E-state index contributed by atoms with van der Waals surface area (Å²) in [5.41, 5.74) is 6.27. The number of rotatable bonds is 6. The fourth-order valence-corrected chi connectivity index (χ4v) is 3.73. The summed E-state index contributed by atoms with van der Waals surface area (Å²) in [6.45, 7) is 2.54. The number of piperazine rings is 1. The molecule has 0 unspecified atom stereocenters. The summed E-state index contributed by atoms with van der Waals surface area (Å²) in [4.78, 5) is 35.9. The highest BCUT2D eigenvalue weighted by Crippen LogP contribution is 2.32. The van der Waals surface area contributed by atoms with Crippen LogP contribution in [0.15, 0.2) is 65.4 Å². The highest BCUT2D eigenvalue weighted by Gasteiger charge is 2.29. The van der Waals surface area contributed by atoms with Gasteiger partial charge in [-0.25, -0.2) is 9.97 Å². The molecule has 11 heteroatoms. The molecule has 4 rings (SSSR count). The van der Waals surface area contributed by atoms with E-state index in [2.05, 4.69) is 41.6 Å². The highest BCUT2D eigenvalue weighted by atomic mass is 79.9. The van der Waals surface area contributed by atoms with Crippen molar-refractivity contribution in [2.45, 2.75) is 0 Å². The summed E-state index contributed by atoms with van der Waals surface area (Å²) < 4.78 is 0.838. The van der Waals surface area contributed by atoms with E-state index in [1.165, 1.54) is 6.33 Å². The lowest BCUT2D eigenvalue weighted by atomic mass is 10.2. The largest absolute Gasteiger partial charge is 0.368 e. The van der Waals surface area contributed by atoms with E-state index in [1.54, 1.807) is 24.3 Å². The number of carbonyl (C=O) groups is 1. The summed E-state index contributed by atoms with van der Waals surface area (Å²) in [5.74, 6) is -0.294. The van der Waals surface area contributed by atoms with Crippen molar-refractivity contribution in [3.05, 3.63) is 81.1 Å². The fourth-order valence-electron chi connectivity index (χ4n) is 3.47. The van der Waals surface area contributed by atoms with Crippen LogP contribution in [0.4, 0.5) is 23.0 Å². The number of para-hydroxylation sites is 1. The van der Waals surface area contributed by atoms with Crippen LogP contribution in [0.2, 0.25) is 0 Å². The maximum atomic E-state index is 12.3. The van der Waals surface area contributed by atoms with Crippen LogP contribution < -0.4 is 20.7 Å². The average Bonchev–Trinajstić information content (AvgIpc) is 2.83. The van der Waals surface area contributed by atoms with Gasteiger partial charge in [0.1, 0.15) is 6.33 Å². The number of hydrogen-bond acceptors (Lipinski definition) is 8. The Kier molecular flexibility index (Phi) is 6.45. The van der Waals surface area contributed by atoms with E-state index in [0.717, 1.165) is 10.2 Å². The third-order valence-corrected chi connectivity index (χ3v) is 5.62. The van der Waals surface area contributed by atoms with E-state index < -0.39 is 10.8 Å². The van der Waals surface area contributed by atoms with Gasteiger partial charge in [0.15, 0.2) is 0 Å². The number of aromatic nitrogens is 2. The first-order valence-electron chi connectivity index (χ1n) is 9.89. The van der Waals surface area contributed by atoms with Gasteiger partial charge in [0.2, 0.25) is 11.6 Å². The monoisotopic (exact) mass is 497 g/mol. The molecule has 1 aliphatic heterocycles. The van der Waals surface area contributed by atoms with Gasteiger partial charge in [-0.15, -0.1) is 0 Å². The second kappa shape index (κ2) is 9.60. The Balaban J connectivity index is 1.48. The molecule has 1 aliphatic rings. The first-order valence-corrected chi connectivity index (χ1v) is 10.7. The lowest BCUT2D eigenvalue weighted by Crippen LogP contribution is -2.47. The van der Waals surface area contributed by atoms with Gasteiger partial charge in [-0.1, -0.05) is 34.1 Å². The molecule has 164 valence electrons. The fraction of sp³-hybridized carbons (Fsp3) is 0.190. The van der Waals surface area contributed by atoms with Gasteiger partial charge in [0.25, 0.3) is 5.91 Å². The van der Waals surface area contributed by atoms with E-state index in [-0.39, 0.29) is 17.3 Å². The van der Waals surface area contributed by atoms with Crippen molar-refractivity contribution >= 4 is 44.8 Å². The molecule has 1 saturated heterocycles. The number of hydrazine groups is 1. The maximum Gasteiger partial charge on any atom is 0.355 e. The quantitative estimate of drug-likeness (QED) is 0.393. The number of amides is 1. The molecule has 0 radical (unpaired) electrons. The maximum absolute atomic E-state index is 12.3. The molecular formula is C21H20BrN7O3. The molecule has 2 heterocycles. The minimum Gasteiger partial charge on any atom is -0.368 e. The van der Waals surface area contributed by atoms with E-state index in [9.17, 15) is 14.9 Å². The first-order chi connectivity index (χ1) is 15.5. The topological polar surface area (TPSA) is 117 Å². The number of carbonyl (C=O) groups excluding carboxylic acids is 1. The van der Waals surface area contributed by atoms with E-state index in [4.69, 9.17) is 0 Å². The molecule has 1 aromatic heterocycles. The molecule has 1 amide bonds. The average molecular weight is 498 g/mol. The predicted octanol–water partition coefficient (Wildman–Crippen LogP) is 3.23. The number of halogens is 1. The first kappa shape index (κ1) is 21.5. The lowest BCUT2D eigenvalue weighted by molar-refractivity contribution is -0.383. The minimum absolute atomic E-state index is 0.0732. The van der Waals surface area contributed by atoms with Crippen LogP contribution >= 0.6 is 15.9 Å². The summed E-state index contributed by atoms with van der Waals surface area (Å²) in [5, 5.41) is 11.9. The Labute approximate surface area is 192 Å². The van der Waals surface area contributed by atoms with E-state index >= 15 is 0 Å². The Hall–Kier alpha value is -3.73. The van der Waals surface area contributed by atoms with E-state index in [0.29, 0.717) is 31.7 Å². The smallest absolute Gasteiger partial charge is 0.355 e. The molecule has 0 aliphatic carbocycles. The normalized spacial score (nSPS) is 13.5. The number of benzene rings is 2. The van der Waals surface area contributed by atoms with Crippen LogP contribution in [0, 0.1) is 10.1 Å². The van der Waals surface area contributed by atoms with Crippen molar-refractivity contribution in [3.8, 4) is 0 Å². The van der Waals surface area contributed by atoms with Crippen molar-refractivity contribution < 1.29 is 9.72 Å². The van der Waals surface area contributed by atoms with Crippen LogP contribution in [0.25, 0.3) is 0 Å². The van der Waals surface area contributed by atoms with Gasteiger partial charge < -0.3 is 9.80 Å². The molecule has 0 spiro atoms. The number of anilines is 3. The number of nitro groups is 1. The Morgan fingerprint density at radius 2 is 1.62 bits per heavy atom. The molecule has 2 aromatic carbocycles. The predicted molar refractivity (Wildman–Crippen MR) is 125 cm³/mol. The van der Waals surface area contributed by atoms with Crippen molar-refractivity contribution in [2.24, 2.45) is 0 Å². The van der Waals surface area contributed by atoms with Crippen LogP contribution in [0.5, 0.6) is 0 Å². The number of nitrogens with zero attached hydrogens (tertiary/aromatic N) is 5. The van der Waals surface area contributed by atoms with Crippen LogP contribution in [-0.2, 0) is 0 Å². The SMILES string of the molecule is O=C(NNc1ncnc(N2CCN(c3ccccc3)CC2)c1[N+](=O)[O-])c1ccc(Br)cc1. The molecular weight excluding hydrogens is 478 g/mol. The van der Waals surface area contributed by atoms with Gasteiger partial charge in [-0.3, -0.25) is 25.8 Å². The number of nitrogens with one attached hydrogen (secondary N) is 2. The third-order valence-electron chi connectivity index (χ3n) is 5.09. The molecule has 2 N–H and O–H groups in total. The molecule has 3 aromatic rings. The van der Waals surface area contributed by atoms with Gasteiger partial charge in [0, 0.05) is 41.9 Å². The molecule has 1 fully saturated rings. The molecule has 10 nitrogen and oxygen atoms in total. The van der Waals surface area contributed by atoms with Crippen LogP contribution in [0.1, 0.15) is 10.4 Å². The van der Waals surface area contributed by atoms with Gasteiger partial charge in [-0.05, 0) is 36.4 Å². The van der Waals surface area contributed by atoms with Crippen LogP contribution in [-0.4, -0.2) is 47.0 Å². The molecule has 0 bridgehead atoms. The second-order valence-electron chi connectivity index (χ2n) is 7.05. The lowest BCUT2D eigenvalue weighted by Gasteiger charge is -2.36. The standard InChI is InChI=1S/C21H20BrN7O3/c22-16-8-6-15(7-9-16)21(30)26-25-19-18(29(31)32)20(24-14-23-19)28-12-10-27(11-13-28)17-4-2-1-3-5-17/h1-9,14H,10-13H2,(H,26,30)(H,23,24,25). The molecule has 0 atom stereocenters. The second-order valence-corrected chi connectivity index (χ2v) is 7.96. The summed E-state index contributed by atoms with van der Waals surface area (Å²) in [7, 11) is 0. The van der Waals surface area contributed by atoms with Crippen LogP contribution in [0.3, 0.4) is 0 Å². The summed E-state index contributed by atoms with van der Waals surface area (Å²) in [6, 6.07) is 16.7. The summed E-state index contributed by atoms with van der Waals surface area (Å²) in [6.07, 6.45) is 1.25. The Morgan fingerprint density at radius 1 is 0.969 bits per heavy atom. The van der Waals surface area contributed by atoms with Crippen molar-refractivity contribution in [3.63, 3.8) is 0 Å². The van der Waals surface area contributed by atoms with Crippen molar-refractivity contribution in [1.82, 2.24) is 15.4 Å². The molecule has 0 saturated carbocycles. The Morgan fingerprint density at radius 3 is 2.28 bits per heavy atom. The van der Waals surface area contributed by atoms with Crippen molar-refractivity contribution in [2.75, 3.05) is 41.4 Å². The van der Waals surface area contributed by atoms with Gasteiger partial charge in [0.05, 0.1) is 4.92 Å². The van der Waals surface area contributed by atoms with Gasteiger partial charge in [-0.2, -0.15) is 0 Å². The molecule has 32 heavy (non-hydrogen) atoms. The zero-order chi connectivity index (χ0) is 22.5. The van der Waals surface area contributed by atoms with Crippen molar-refractivity contribution in [1.29, 1.82) is 0 Å². The third kappa shape index (κ3) is 4.78.